The maximum Gasteiger partial charge on any atom is 0.328 e. The van der Waals surface area contributed by atoms with Crippen molar-refractivity contribution in [1.82, 2.24) is 10.0 Å². The van der Waals surface area contributed by atoms with Gasteiger partial charge in [-0.05, 0) is 73.0 Å². The summed E-state index contributed by atoms with van der Waals surface area (Å²) >= 11 is 0. The van der Waals surface area contributed by atoms with Crippen LogP contribution >= 0.6 is 0 Å². The number of hydrazone groups is 1. The van der Waals surface area contributed by atoms with Crippen molar-refractivity contribution in [2.24, 2.45) is 5.10 Å². The number of carbonyl (C=O) groups is 1. The van der Waals surface area contributed by atoms with Crippen molar-refractivity contribution >= 4 is 27.5 Å². The number of sulfonamides is 1. The van der Waals surface area contributed by atoms with Crippen LogP contribution < -0.4 is 24.5 Å². The van der Waals surface area contributed by atoms with E-state index in [1.165, 1.54) is 12.1 Å². The first-order valence-electron chi connectivity index (χ1n) is 13.8. The summed E-state index contributed by atoms with van der Waals surface area (Å²) in [5.41, 5.74) is 6.78. The number of anilines is 1. The molecule has 1 heterocycles. The van der Waals surface area contributed by atoms with Crippen molar-refractivity contribution in [3.8, 4) is 11.5 Å². The predicted molar refractivity (Wildman–Crippen MR) is 167 cm³/mol. The zero-order valence-electron chi connectivity index (χ0n) is 24.5. The SMILES string of the molecule is COc1ccc(C2CC(c3cc(C)ccc3C)=NN2c2ccc(S(=O)(=O)NC(=O)NCc3ccccc3)cc2)cc1OC. The van der Waals surface area contributed by atoms with Gasteiger partial charge in [0.05, 0.1) is 36.6 Å². The fourth-order valence-electron chi connectivity index (χ4n) is 5.05. The van der Waals surface area contributed by atoms with Gasteiger partial charge in [0, 0.05) is 18.5 Å². The van der Waals surface area contributed by atoms with Crippen LogP contribution in [0.4, 0.5) is 10.5 Å². The lowest BCUT2D eigenvalue weighted by molar-refractivity contribution is 0.245. The third kappa shape index (κ3) is 6.65. The van der Waals surface area contributed by atoms with E-state index in [4.69, 9.17) is 14.6 Å². The maximum atomic E-state index is 13.0. The molecule has 43 heavy (non-hydrogen) atoms. The van der Waals surface area contributed by atoms with Gasteiger partial charge < -0.3 is 14.8 Å². The van der Waals surface area contributed by atoms with Crippen molar-refractivity contribution in [3.63, 3.8) is 0 Å². The van der Waals surface area contributed by atoms with Crippen molar-refractivity contribution in [2.45, 2.75) is 37.8 Å². The maximum absolute atomic E-state index is 13.0. The van der Waals surface area contributed by atoms with Gasteiger partial charge in [0.25, 0.3) is 10.0 Å². The van der Waals surface area contributed by atoms with Gasteiger partial charge in [-0.3, -0.25) is 5.01 Å². The molecule has 2 amide bonds. The summed E-state index contributed by atoms with van der Waals surface area (Å²) in [6.45, 7) is 4.32. The van der Waals surface area contributed by atoms with Crippen LogP contribution in [0.25, 0.3) is 0 Å². The molecule has 0 saturated carbocycles. The van der Waals surface area contributed by atoms with Crippen LogP contribution in [0.3, 0.4) is 0 Å². The lowest BCUT2D eigenvalue weighted by atomic mass is 9.94. The Morgan fingerprint density at radius 1 is 0.907 bits per heavy atom. The van der Waals surface area contributed by atoms with E-state index >= 15 is 0 Å². The molecular weight excluding hydrogens is 564 g/mol. The summed E-state index contributed by atoms with van der Waals surface area (Å²) in [5.74, 6) is 1.24. The summed E-state index contributed by atoms with van der Waals surface area (Å²) in [6.07, 6.45) is 0.628. The van der Waals surface area contributed by atoms with E-state index in [0.29, 0.717) is 23.6 Å². The molecule has 1 aliphatic rings. The second-order valence-electron chi connectivity index (χ2n) is 10.3. The minimum Gasteiger partial charge on any atom is -0.493 e. The second kappa shape index (κ2) is 12.6. The number of ether oxygens (including phenoxy) is 2. The van der Waals surface area contributed by atoms with Gasteiger partial charge in [0.15, 0.2) is 11.5 Å². The van der Waals surface area contributed by atoms with E-state index in [1.54, 1.807) is 26.4 Å². The molecule has 9 nitrogen and oxygen atoms in total. The summed E-state index contributed by atoms with van der Waals surface area (Å²) in [6, 6.07) is 26.7. The molecular formula is C33H34N4O5S. The number of carbonyl (C=O) groups excluding carboxylic acids is 1. The Balaban J connectivity index is 1.42. The van der Waals surface area contributed by atoms with Gasteiger partial charge in [0.1, 0.15) is 0 Å². The van der Waals surface area contributed by atoms with Crippen LogP contribution in [-0.4, -0.2) is 34.4 Å². The number of benzene rings is 4. The van der Waals surface area contributed by atoms with Crippen molar-refractivity contribution in [3.05, 3.63) is 119 Å². The topological polar surface area (TPSA) is 109 Å². The first-order valence-corrected chi connectivity index (χ1v) is 15.3. The number of hydrogen-bond donors (Lipinski definition) is 2. The third-order valence-corrected chi connectivity index (χ3v) is 8.69. The molecule has 1 atom stereocenters. The van der Waals surface area contributed by atoms with Crippen molar-refractivity contribution in [2.75, 3.05) is 19.2 Å². The molecule has 0 aliphatic carbocycles. The molecule has 1 aliphatic heterocycles. The van der Waals surface area contributed by atoms with Crippen LogP contribution in [0.2, 0.25) is 0 Å². The zero-order chi connectivity index (χ0) is 30.6. The number of amides is 2. The van der Waals surface area contributed by atoms with Gasteiger partial charge in [-0.1, -0.05) is 54.1 Å². The Hall–Kier alpha value is -4.83. The highest BCUT2D eigenvalue weighted by atomic mass is 32.2. The van der Waals surface area contributed by atoms with Gasteiger partial charge in [0.2, 0.25) is 0 Å². The van der Waals surface area contributed by atoms with Crippen molar-refractivity contribution < 1.29 is 22.7 Å². The van der Waals surface area contributed by atoms with E-state index in [0.717, 1.165) is 33.5 Å². The van der Waals surface area contributed by atoms with E-state index in [9.17, 15) is 13.2 Å². The number of aryl methyl sites for hydroxylation is 2. The quantitative estimate of drug-likeness (QED) is 0.250. The van der Waals surface area contributed by atoms with E-state index < -0.39 is 16.1 Å². The van der Waals surface area contributed by atoms with Crippen LogP contribution in [0, 0.1) is 13.8 Å². The molecule has 2 N–H and O–H groups in total. The number of urea groups is 1. The van der Waals surface area contributed by atoms with Crippen LogP contribution in [0.15, 0.2) is 101 Å². The minimum atomic E-state index is -4.10. The molecule has 4 aromatic rings. The molecule has 1 unspecified atom stereocenters. The average Bonchev–Trinajstić information content (AvgIpc) is 3.46. The first kappa shape index (κ1) is 29.7. The number of methoxy groups -OCH3 is 2. The average molecular weight is 599 g/mol. The molecule has 0 bridgehead atoms. The van der Waals surface area contributed by atoms with Gasteiger partial charge in [-0.25, -0.2) is 17.9 Å². The molecule has 5 rings (SSSR count). The fourth-order valence-corrected chi connectivity index (χ4v) is 5.98. The highest BCUT2D eigenvalue weighted by molar-refractivity contribution is 7.90. The fraction of sp³-hybridized carbons (Fsp3) is 0.212. The molecule has 0 radical (unpaired) electrons. The summed E-state index contributed by atoms with van der Waals surface area (Å²) in [7, 11) is -0.903. The van der Waals surface area contributed by atoms with Crippen LogP contribution in [-0.2, 0) is 16.6 Å². The third-order valence-electron chi connectivity index (χ3n) is 7.34. The molecule has 222 valence electrons. The Morgan fingerprint density at radius 2 is 1.63 bits per heavy atom. The summed E-state index contributed by atoms with van der Waals surface area (Å²) in [5, 5.41) is 9.50. The van der Waals surface area contributed by atoms with Crippen LogP contribution in [0.1, 0.15) is 40.3 Å². The zero-order valence-corrected chi connectivity index (χ0v) is 25.3. The Kier molecular flexibility index (Phi) is 8.68. The summed E-state index contributed by atoms with van der Waals surface area (Å²) < 4.78 is 39.0. The van der Waals surface area contributed by atoms with E-state index in [-0.39, 0.29) is 17.5 Å². The Labute approximate surface area is 252 Å². The number of hydrogen-bond acceptors (Lipinski definition) is 7. The minimum absolute atomic E-state index is 0.0355. The van der Waals surface area contributed by atoms with Gasteiger partial charge in [-0.15, -0.1) is 0 Å². The monoisotopic (exact) mass is 598 g/mol. The number of rotatable bonds is 9. The number of nitrogens with one attached hydrogen (secondary N) is 2. The Morgan fingerprint density at radius 3 is 2.33 bits per heavy atom. The van der Waals surface area contributed by atoms with E-state index in [1.807, 2.05) is 53.5 Å². The predicted octanol–water partition coefficient (Wildman–Crippen LogP) is 5.86. The molecule has 4 aromatic carbocycles. The highest BCUT2D eigenvalue weighted by Crippen LogP contribution is 2.40. The normalized spacial score (nSPS) is 14.7. The second-order valence-corrected chi connectivity index (χ2v) is 12.0. The number of nitrogens with zero attached hydrogens (tertiary/aromatic N) is 2. The summed E-state index contributed by atoms with van der Waals surface area (Å²) in [4.78, 5) is 12.3. The highest BCUT2D eigenvalue weighted by Gasteiger charge is 2.31. The first-order chi connectivity index (χ1) is 20.7. The van der Waals surface area contributed by atoms with Crippen molar-refractivity contribution in [1.29, 1.82) is 0 Å². The lowest BCUT2D eigenvalue weighted by Crippen LogP contribution is -2.39. The standard InChI is InChI=1S/C33H34N4O5S/c1-22-10-11-23(2)28(18-22)29-20-30(25-12-17-31(41-3)32(19-25)42-4)37(35-29)26-13-15-27(16-14-26)43(39,40)36-33(38)34-21-24-8-6-5-7-9-24/h5-19,30H,20-21H2,1-4H3,(H2,34,36,38). The van der Waals surface area contributed by atoms with Gasteiger partial charge >= 0.3 is 6.03 Å². The molecule has 0 saturated heterocycles. The molecule has 0 aromatic heterocycles. The van der Waals surface area contributed by atoms with Gasteiger partial charge in [-0.2, -0.15) is 5.10 Å². The lowest BCUT2D eigenvalue weighted by Gasteiger charge is -2.25. The molecule has 10 heteroatoms. The smallest absolute Gasteiger partial charge is 0.328 e. The molecule has 0 fully saturated rings. The largest absolute Gasteiger partial charge is 0.493 e. The van der Waals surface area contributed by atoms with E-state index in [2.05, 4.69) is 42.1 Å². The molecule has 0 spiro atoms. The van der Waals surface area contributed by atoms with Crippen LogP contribution in [0.5, 0.6) is 11.5 Å². The Bertz CT molecular complexity index is 1760.